The number of amides is 1. The number of hydrogen-bond donors (Lipinski definition) is 0. The fraction of sp³-hybridized carbons (Fsp3) is 0.438. The summed E-state index contributed by atoms with van der Waals surface area (Å²) in [6, 6.07) is 9.37. The van der Waals surface area contributed by atoms with Gasteiger partial charge in [0, 0.05) is 13.1 Å². The molecule has 1 fully saturated rings. The van der Waals surface area contributed by atoms with Crippen LogP contribution in [-0.2, 0) is 14.6 Å². The minimum Gasteiger partial charge on any atom is -0.341 e. The number of para-hydroxylation sites is 1. The summed E-state index contributed by atoms with van der Waals surface area (Å²) in [4.78, 5) is 18.4. The first-order chi connectivity index (χ1) is 11.9. The predicted molar refractivity (Wildman–Crippen MR) is 96.5 cm³/mol. The molecule has 0 aliphatic carbocycles. The standard InChI is InChI=1S/C16H20N4O3S2/c1-12(15(21)19(2)14-8-9-25(22,23)10-14)24-16-17-11-20(18-16)13-6-4-3-5-7-13/h3-7,11-12,14H,8-10H2,1-2H3. The van der Waals surface area contributed by atoms with Gasteiger partial charge >= 0.3 is 0 Å². The molecule has 9 heteroatoms. The summed E-state index contributed by atoms with van der Waals surface area (Å²) < 4.78 is 24.9. The molecule has 2 heterocycles. The van der Waals surface area contributed by atoms with E-state index in [1.54, 1.807) is 29.9 Å². The molecule has 0 N–H and O–H groups in total. The van der Waals surface area contributed by atoms with Gasteiger partial charge in [-0.3, -0.25) is 4.79 Å². The first-order valence-electron chi connectivity index (χ1n) is 7.96. The van der Waals surface area contributed by atoms with Crippen molar-refractivity contribution in [1.29, 1.82) is 0 Å². The monoisotopic (exact) mass is 380 g/mol. The van der Waals surface area contributed by atoms with E-state index in [-0.39, 0.29) is 28.7 Å². The van der Waals surface area contributed by atoms with Crippen molar-refractivity contribution in [3.63, 3.8) is 0 Å². The molecule has 25 heavy (non-hydrogen) atoms. The number of hydrogen-bond acceptors (Lipinski definition) is 6. The van der Waals surface area contributed by atoms with Gasteiger partial charge in [-0.05, 0) is 25.5 Å². The van der Waals surface area contributed by atoms with E-state index in [0.29, 0.717) is 11.6 Å². The van der Waals surface area contributed by atoms with Crippen molar-refractivity contribution in [3.8, 4) is 5.69 Å². The van der Waals surface area contributed by atoms with Gasteiger partial charge in [-0.1, -0.05) is 30.0 Å². The molecule has 1 amide bonds. The molecule has 0 radical (unpaired) electrons. The van der Waals surface area contributed by atoms with Gasteiger partial charge in [0.15, 0.2) is 9.84 Å². The lowest BCUT2D eigenvalue weighted by molar-refractivity contribution is -0.130. The van der Waals surface area contributed by atoms with Gasteiger partial charge < -0.3 is 4.90 Å². The third-order valence-corrected chi connectivity index (χ3v) is 6.93. The minimum absolute atomic E-state index is 0.0491. The van der Waals surface area contributed by atoms with Crippen molar-refractivity contribution in [2.45, 2.75) is 29.8 Å². The highest BCUT2D eigenvalue weighted by Crippen LogP contribution is 2.24. The fourth-order valence-electron chi connectivity index (χ4n) is 2.76. The Morgan fingerprint density at radius 3 is 2.72 bits per heavy atom. The van der Waals surface area contributed by atoms with Gasteiger partial charge in [-0.2, -0.15) is 0 Å². The summed E-state index contributed by atoms with van der Waals surface area (Å²) in [5.41, 5.74) is 0.897. The highest BCUT2D eigenvalue weighted by molar-refractivity contribution is 8.00. The van der Waals surface area contributed by atoms with E-state index in [2.05, 4.69) is 10.1 Å². The highest BCUT2D eigenvalue weighted by Gasteiger charge is 2.34. The Kier molecular flexibility index (Phi) is 5.14. The first-order valence-corrected chi connectivity index (χ1v) is 10.7. The summed E-state index contributed by atoms with van der Waals surface area (Å²) in [5.74, 6) is 0.0936. The van der Waals surface area contributed by atoms with Gasteiger partial charge in [-0.15, -0.1) is 5.10 Å². The Morgan fingerprint density at radius 2 is 2.08 bits per heavy atom. The lowest BCUT2D eigenvalue weighted by Crippen LogP contribution is -2.41. The molecule has 2 aromatic rings. The summed E-state index contributed by atoms with van der Waals surface area (Å²) in [6.45, 7) is 1.79. The van der Waals surface area contributed by atoms with Crippen molar-refractivity contribution in [3.05, 3.63) is 36.7 Å². The molecule has 0 bridgehead atoms. The third-order valence-electron chi connectivity index (χ3n) is 4.23. The topological polar surface area (TPSA) is 85.2 Å². The second kappa shape index (κ2) is 7.17. The van der Waals surface area contributed by atoms with Crippen LogP contribution in [0.2, 0.25) is 0 Å². The van der Waals surface area contributed by atoms with Crippen molar-refractivity contribution in [1.82, 2.24) is 19.7 Å². The van der Waals surface area contributed by atoms with Gasteiger partial charge in [0.25, 0.3) is 0 Å². The van der Waals surface area contributed by atoms with Crippen molar-refractivity contribution in [2.75, 3.05) is 18.6 Å². The van der Waals surface area contributed by atoms with Crippen LogP contribution in [0.4, 0.5) is 0 Å². The van der Waals surface area contributed by atoms with Crippen LogP contribution in [0.1, 0.15) is 13.3 Å². The smallest absolute Gasteiger partial charge is 0.235 e. The quantitative estimate of drug-likeness (QED) is 0.729. The zero-order valence-electron chi connectivity index (χ0n) is 14.1. The van der Waals surface area contributed by atoms with Crippen LogP contribution < -0.4 is 0 Å². The SMILES string of the molecule is CC(Sc1ncn(-c2ccccc2)n1)C(=O)N(C)C1CCS(=O)(=O)C1. The number of benzene rings is 1. The van der Waals surface area contributed by atoms with Crippen molar-refractivity contribution < 1.29 is 13.2 Å². The third kappa shape index (κ3) is 4.21. The van der Waals surface area contributed by atoms with Gasteiger partial charge in [0.1, 0.15) is 6.33 Å². The minimum atomic E-state index is -3.01. The van der Waals surface area contributed by atoms with Crippen LogP contribution in [0.3, 0.4) is 0 Å². The van der Waals surface area contributed by atoms with E-state index in [4.69, 9.17) is 0 Å². The normalized spacial score (nSPS) is 20.3. The van der Waals surface area contributed by atoms with Crippen LogP contribution in [0, 0.1) is 0 Å². The molecule has 1 saturated heterocycles. The lowest BCUT2D eigenvalue weighted by Gasteiger charge is -2.25. The molecule has 2 unspecified atom stereocenters. The average Bonchev–Trinajstić information content (AvgIpc) is 3.20. The molecule has 0 saturated carbocycles. The van der Waals surface area contributed by atoms with Crippen molar-refractivity contribution in [2.24, 2.45) is 0 Å². The number of carbonyl (C=O) groups excluding carboxylic acids is 1. The molecular weight excluding hydrogens is 360 g/mol. The molecule has 0 spiro atoms. The fourth-order valence-corrected chi connectivity index (χ4v) is 5.36. The van der Waals surface area contributed by atoms with Crippen LogP contribution in [0.25, 0.3) is 5.69 Å². The predicted octanol–water partition coefficient (Wildman–Crippen LogP) is 1.39. The molecule has 1 aromatic heterocycles. The van der Waals surface area contributed by atoms with E-state index in [1.807, 2.05) is 30.3 Å². The van der Waals surface area contributed by atoms with Crippen LogP contribution >= 0.6 is 11.8 Å². The molecule has 1 aliphatic heterocycles. The zero-order chi connectivity index (χ0) is 18.0. The molecule has 7 nitrogen and oxygen atoms in total. The number of rotatable bonds is 5. The zero-order valence-corrected chi connectivity index (χ0v) is 15.7. The Hall–Kier alpha value is -1.87. The highest BCUT2D eigenvalue weighted by atomic mass is 32.2. The molecule has 134 valence electrons. The molecule has 3 rings (SSSR count). The van der Waals surface area contributed by atoms with Gasteiger partial charge in [0.2, 0.25) is 11.1 Å². The lowest BCUT2D eigenvalue weighted by atomic mass is 10.2. The maximum absolute atomic E-state index is 12.6. The maximum Gasteiger partial charge on any atom is 0.235 e. The molecule has 1 aliphatic rings. The molecular formula is C16H20N4O3S2. The summed E-state index contributed by atoms with van der Waals surface area (Å²) in [6.07, 6.45) is 2.12. The number of thioether (sulfide) groups is 1. The number of nitrogens with zero attached hydrogens (tertiary/aromatic N) is 4. The summed E-state index contributed by atoms with van der Waals surface area (Å²) >= 11 is 1.27. The van der Waals surface area contributed by atoms with E-state index in [9.17, 15) is 13.2 Å². The average molecular weight is 380 g/mol. The maximum atomic E-state index is 12.6. The van der Waals surface area contributed by atoms with Gasteiger partial charge in [-0.25, -0.2) is 18.1 Å². The van der Waals surface area contributed by atoms with E-state index in [0.717, 1.165) is 5.69 Å². The molecule has 2 atom stereocenters. The van der Waals surface area contributed by atoms with E-state index in [1.165, 1.54) is 11.8 Å². The Balaban J connectivity index is 1.63. The van der Waals surface area contributed by atoms with E-state index >= 15 is 0 Å². The second-order valence-electron chi connectivity index (χ2n) is 6.07. The largest absolute Gasteiger partial charge is 0.341 e. The number of carbonyl (C=O) groups is 1. The van der Waals surface area contributed by atoms with Crippen LogP contribution in [0.15, 0.2) is 41.8 Å². The Morgan fingerprint density at radius 1 is 1.36 bits per heavy atom. The Labute approximate surface area is 151 Å². The number of sulfone groups is 1. The first kappa shape index (κ1) is 17.9. The van der Waals surface area contributed by atoms with E-state index < -0.39 is 9.84 Å². The molecule has 1 aromatic carbocycles. The summed E-state index contributed by atoms with van der Waals surface area (Å²) in [5, 5.41) is 4.51. The van der Waals surface area contributed by atoms with Crippen LogP contribution in [0.5, 0.6) is 0 Å². The van der Waals surface area contributed by atoms with Gasteiger partial charge in [0.05, 0.1) is 22.4 Å². The Bertz CT molecular complexity index is 851. The van der Waals surface area contributed by atoms with Crippen molar-refractivity contribution >= 4 is 27.5 Å². The number of aromatic nitrogens is 3. The second-order valence-corrected chi connectivity index (χ2v) is 9.61. The summed E-state index contributed by atoms with van der Waals surface area (Å²) in [7, 11) is -1.35. The van der Waals surface area contributed by atoms with Crippen LogP contribution in [-0.4, -0.2) is 63.8 Å².